The molecule has 5 nitrogen and oxygen atoms in total. The van der Waals surface area contributed by atoms with Gasteiger partial charge in [0.15, 0.2) is 0 Å². The third kappa shape index (κ3) is 3.55. The maximum absolute atomic E-state index is 12.2. The molecule has 0 atom stereocenters. The van der Waals surface area contributed by atoms with Crippen LogP contribution in [0.5, 0.6) is 0 Å². The van der Waals surface area contributed by atoms with Crippen LogP contribution < -0.4 is 0 Å². The summed E-state index contributed by atoms with van der Waals surface area (Å²) in [7, 11) is 1.30. The van der Waals surface area contributed by atoms with Crippen LogP contribution in [0.15, 0.2) is 18.3 Å². The molecule has 1 aromatic rings. The van der Waals surface area contributed by atoms with E-state index in [2.05, 4.69) is 9.72 Å². The van der Waals surface area contributed by atoms with Crippen molar-refractivity contribution in [3.63, 3.8) is 0 Å². The minimum atomic E-state index is -0.433. The summed E-state index contributed by atoms with van der Waals surface area (Å²) < 4.78 is 4.59. The molecule has 0 aromatic carbocycles. The number of pyridine rings is 1. The molecule has 0 saturated heterocycles. The van der Waals surface area contributed by atoms with Crippen LogP contribution in [0, 0.1) is 6.92 Å². The highest BCUT2D eigenvalue weighted by Crippen LogP contribution is 2.08. The average molecular weight is 250 g/mol. The number of carbonyl (C=O) groups excluding carboxylic acids is 2. The summed E-state index contributed by atoms with van der Waals surface area (Å²) in [5, 5.41) is 0. The number of amides is 1. The second kappa shape index (κ2) is 6.14. The van der Waals surface area contributed by atoms with Gasteiger partial charge in [0, 0.05) is 17.9 Å². The van der Waals surface area contributed by atoms with Crippen LogP contribution in [-0.2, 0) is 9.53 Å². The van der Waals surface area contributed by atoms with Crippen molar-refractivity contribution in [3.05, 3.63) is 29.6 Å². The van der Waals surface area contributed by atoms with E-state index in [1.807, 2.05) is 20.8 Å². The van der Waals surface area contributed by atoms with Crippen molar-refractivity contribution in [2.24, 2.45) is 0 Å². The number of hydrogen-bond acceptors (Lipinski definition) is 4. The zero-order chi connectivity index (χ0) is 13.7. The highest BCUT2D eigenvalue weighted by Gasteiger charge is 2.21. The van der Waals surface area contributed by atoms with Crippen molar-refractivity contribution in [2.45, 2.75) is 26.8 Å². The topological polar surface area (TPSA) is 59.5 Å². The first-order valence-electron chi connectivity index (χ1n) is 5.76. The maximum atomic E-state index is 12.2. The number of ether oxygens (including phenoxy) is 1. The third-order valence-corrected chi connectivity index (χ3v) is 2.57. The van der Waals surface area contributed by atoms with E-state index in [9.17, 15) is 9.59 Å². The van der Waals surface area contributed by atoms with Gasteiger partial charge in [0.2, 0.25) is 0 Å². The Balaban J connectivity index is 2.89. The van der Waals surface area contributed by atoms with E-state index in [1.165, 1.54) is 18.2 Å². The molecule has 18 heavy (non-hydrogen) atoms. The molecule has 0 saturated carbocycles. The molecule has 0 fully saturated rings. The molecule has 0 aliphatic rings. The molecular formula is C13H18N2O3. The third-order valence-electron chi connectivity index (χ3n) is 2.57. The van der Waals surface area contributed by atoms with Gasteiger partial charge in [0.1, 0.15) is 6.54 Å². The molecule has 0 radical (unpaired) electrons. The monoisotopic (exact) mass is 250 g/mol. The Hall–Kier alpha value is -1.91. The van der Waals surface area contributed by atoms with Gasteiger partial charge in [-0.2, -0.15) is 0 Å². The van der Waals surface area contributed by atoms with Crippen molar-refractivity contribution < 1.29 is 14.3 Å². The normalized spacial score (nSPS) is 10.3. The number of aryl methyl sites for hydroxylation is 1. The van der Waals surface area contributed by atoms with E-state index in [1.54, 1.807) is 12.1 Å². The predicted octanol–water partition coefficient (Wildman–Crippen LogP) is 1.41. The Morgan fingerprint density at radius 2 is 2.06 bits per heavy atom. The number of aromatic nitrogens is 1. The van der Waals surface area contributed by atoms with Crippen molar-refractivity contribution >= 4 is 11.9 Å². The Bertz CT molecular complexity index is 426. The van der Waals surface area contributed by atoms with Gasteiger partial charge in [-0.05, 0) is 32.9 Å². The number of esters is 1. The van der Waals surface area contributed by atoms with Crippen molar-refractivity contribution in [2.75, 3.05) is 13.7 Å². The zero-order valence-corrected chi connectivity index (χ0v) is 11.1. The van der Waals surface area contributed by atoms with Crippen LogP contribution >= 0.6 is 0 Å². The van der Waals surface area contributed by atoms with E-state index >= 15 is 0 Å². The molecular weight excluding hydrogens is 232 g/mol. The maximum Gasteiger partial charge on any atom is 0.325 e. The Morgan fingerprint density at radius 1 is 1.39 bits per heavy atom. The molecule has 0 N–H and O–H groups in total. The molecule has 98 valence electrons. The summed E-state index contributed by atoms with van der Waals surface area (Å²) in [4.78, 5) is 29.0. The first kappa shape index (κ1) is 14.2. The lowest BCUT2D eigenvalue weighted by Crippen LogP contribution is -2.41. The number of nitrogens with zero attached hydrogens (tertiary/aromatic N) is 2. The number of methoxy groups -OCH3 is 1. The predicted molar refractivity (Wildman–Crippen MR) is 67.2 cm³/mol. The standard InChI is InChI=1S/C13H18N2O3/c1-9(2)15(8-12(16)18-4)13(17)11-6-5-10(3)14-7-11/h5-7,9H,8H2,1-4H3. The van der Waals surface area contributed by atoms with Gasteiger partial charge < -0.3 is 9.64 Å². The highest BCUT2D eigenvalue weighted by atomic mass is 16.5. The fraction of sp³-hybridized carbons (Fsp3) is 0.462. The van der Waals surface area contributed by atoms with Crippen molar-refractivity contribution in [1.82, 2.24) is 9.88 Å². The summed E-state index contributed by atoms with van der Waals surface area (Å²) in [6, 6.07) is 3.39. The van der Waals surface area contributed by atoms with E-state index in [0.717, 1.165) is 5.69 Å². The molecule has 0 unspecified atom stereocenters. The van der Waals surface area contributed by atoms with E-state index in [-0.39, 0.29) is 18.5 Å². The summed E-state index contributed by atoms with van der Waals surface area (Å²) in [6.07, 6.45) is 1.52. The quantitative estimate of drug-likeness (QED) is 0.758. The molecule has 1 rings (SSSR count). The fourth-order valence-electron chi connectivity index (χ4n) is 1.45. The van der Waals surface area contributed by atoms with Crippen LogP contribution in [-0.4, -0.2) is 41.5 Å². The van der Waals surface area contributed by atoms with E-state index in [0.29, 0.717) is 5.56 Å². The van der Waals surface area contributed by atoms with Gasteiger partial charge in [-0.25, -0.2) is 0 Å². The Kier molecular flexibility index (Phi) is 4.83. The minimum absolute atomic E-state index is 0.0547. The smallest absolute Gasteiger partial charge is 0.325 e. The Labute approximate surface area is 107 Å². The van der Waals surface area contributed by atoms with Gasteiger partial charge >= 0.3 is 5.97 Å². The van der Waals surface area contributed by atoms with Crippen LogP contribution in [0.4, 0.5) is 0 Å². The molecule has 0 spiro atoms. The lowest BCUT2D eigenvalue weighted by Gasteiger charge is -2.25. The SMILES string of the molecule is COC(=O)CN(C(=O)c1ccc(C)nc1)C(C)C. The number of rotatable bonds is 4. The molecule has 0 bridgehead atoms. The van der Waals surface area contributed by atoms with Crippen LogP contribution in [0.1, 0.15) is 29.9 Å². The van der Waals surface area contributed by atoms with E-state index < -0.39 is 5.97 Å². The van der Waals surface area contributed by atoms with Gasteiger partial charge in [0.25, 0.3) is 5.91 Å². The second-order valence-electron chi connectivity index (χ2n) is 4.29. The summed E-state index contributed by atoms with van der Waals surface area (Å²) in [5.74, 6) is -0.653. The van der Waals surface area contributed by atoms with Crippen molar-refractivity contribution in [1.29, 1.82) is 0 Å². The van der Waals surface area contributed by atoms with Crippen LogP contribution in [0.2, 0.25) is 0 Å². The zero-order valence-electron chi connectivity index (χ0n) is 11.1. The lowest BCUT2D eigenvalue weighted by atomic mass is 10.2. The van der Waals surface area contributed by atoms with Crippen LogP contribution in [0.3, 0.4) is 0 Å². The largest absolute Gasteiger partial charge is 0.468 e. The summed E-state index contributed by atoms with van der Waals surface area (Å²) in [5.41, 5.74) is 1.31. The molecule has 0 aliphatic carbocycles. The lowest BCUT2D eigenvalue weighted by molar-refractivity contribution is -0.141. The fourth-order valence-corrected chi connectivity index (χ4v) is 1.45. The first-order valence-corrected chi connectivity index (χ1v) is 5.76. The highest BCUT2D eigenvalue weighted by molar-refractivity contribution is 5.95. The van der Waals surface area contributed by atoms with Gasteiger partial charge in [-0.1, -0.05) is 0 Å². The molecule has 5 heteroatoms. The second-order valence-corrected chi connectivity index (χ2v) is 4.29. The Morgan fingerprint density at radius 3 is 2.50 bits per heavy atom. The molecule has 1 aromatic heterocycles. The molecule has 1 amide bonds. The minimum Gasteiger partial charge on any atom is -0.468 e. The average Bonchev–Trinajstić information content (AvgIpc) is 2.35. The molecule has 0 aliphatic heterocycles. The van der Waals surface area contributed by atoms with Gasteiger partial charge in [0.05, 0.1) is 12.7 Å². The van der Waals surface area contributed by atoms with Crippen molar-refractivity contribution in [3.8, 4) is 0 Å². The summed E-state index contributed by atoms with van der Waals surface area (Å²) >= 11 is 0. The summed E-state index contributed by atoms with van der Waals surface area (Å²) in [6.45, 7) is 5.49. The van der Waals surface area contributed by atoms with E-state index in [4.69, 9.17) is 0 Å². The van der Waals surface area contributed by atoms with Crippen LogP contribution in [0.25, 0.3) is 0 Å². The first-order chi connectivity index (χ1) is 8.45. The number of hydrogen-bond donors (Lipinski definition) is 0. The van der Waals surface area contributed by atoms with Gasteiger partial charge in [-0.3, -0.25) is 14.6 Å². The van der Waals surface area contributed by atoms with Gasteiger partial charge in [-0.15, -0.1) is 0 Å². The number of carbonyl (C=O) groups is 2. The molecule has 1 heterocycles.